The molecule has 3 rings (SSSR count). The summed E-state index contributed by atoms with van der Waals surface area (Å²) in [5.41, 5.74) is 1.95. The van der Waals surface area contributed by atoms with Gasteiger partial charge in [-0.25, -0.2) is 0 Å². The maximum Gasteiger partial charge on any atom is 0.254 e. The Kier molecular flexibility index (Phi) is 4.06. The van der Waals surface area contributed by atoms with Gasteiger partial charge in [0.25, 0.3) is 5.91 Å². The molecule has 0 bridgehead atoms. The summed E-state index contributed by atoms with van der Waals surface area (Å²) in [7, 11) is 0. The first-order valence-electron chi connectivity index (χ1n) is 6.40. The van der Waals surface area contributed by atoms with E-state index in [1.54, 1.807) is 17.4 Å². The lowest BCUT2D eigenvalue weighted by Gasteiger charge is -2.33. The number of thiophene rings is 1. The first-order chi connectivity index (χ1) is 9.58. The van der Waals surface area contributed by atoms with E-state index in [0.717, 1.165) is 16.5 Å². The van der Waals surface area contributed by atoms with Crippen molar-refractivity contribution in [1.29, 1.82) is 0 Å². The Morgan fingerprint density at radius 2 is 2.25 bits per heavy atom. The van der Waals surface area contributed by atoms with Gasteiger partial charge in [0, 0.05) is 20.6 Å². The number of amides is 1. The van der Waals surface area contributed by atoms with Gasteiger partial charge >= 0.3 is 0 Å². The zero-order valence-electron chi connectivity index (χ0n) is 10.9. The summed E-state index contributed by atoms with van der Waals surface area (Å²) in [5, 5.41) is 2.74. The average Bonchev–Trinajstić information content (AvgIpc) is 2.91. The highest BCUT2D eigenvalue weighted by molar-refractivity contribution is 14.1. The van der Waals surface area contributed by atoms with Crippen molar-refractivity contribution >= 4 is 51.4 Å². The standard InChI is InChI=1S/C15H13ClINOS/c1-9-11-5-7-20-14(11)4-6-18(9)15(19)10-2-3-13(17)12(16)8-10/h2-3,5,7-9H,4,6H2,1H3. The van der Waals surface area contributed by atoms with Gasteiger partial charge in [-0.3, -0.25) is 4.79 Å². The number of hydrogen-bond acceptors (Lipinski definition) is 2. The molecule has 1 aromatic heterocycles. The first-order valence-corrected chi connectivity index (χ1v) is 8.74. The first kappa shape index (κ1) is 14.4. The Balaban J connectivity index is 1.90. The summed E-state index contributed by atoms with van der Waals surface area (Å²) < 4.78 is 0.965. The Hall–Kier alpha value is -0.590. The van der Waals surface area contributed by atoms with Crippen LogP contribution in [0.5, 0.6) is 0 Å². The lowest BCUT2D eigenvalue weighted by Crippen LogP contribution is -2.38. The molecular formula is C15H13ClINOS. The highest BCUT2D eigenvalue weighted by atomic mass is 127. The molecule has 2 heterocycles. The van der Waals surface area contributed by atoms with E-state index in [9.17, 15) is 4.79 Å². The summed E-state index contributed by atoms with van der Waals surface area (Å²) in [5.74, 6) is 0.0626. The molecule has 0 saturated heterocycles. The second kappa shape index (κ2) is 5.66. The van der Waals surface area contributed by atoms with Gasteiger partial charge < -0.3 is 4.90 Å². The third-order valence-electron chi connectivity index (χ3n) is 3.70. The van der Waals surface area contributed by atoms with E-state index in [-0.39, 0.29) is 11.9 Å². The van der Waals surface area contributed by atoms with E-state index in [1.807, 2.05) is 17.0 Å². The molecule has 2 aromatic rings. The second-order valence-corrected chi connectivity index (χ2v) is 7.42. The minimum atomic E-state index is 0.0626. The lowest BCUT2D eigenvalue weighted by molar-refractivity contribution is 0.0679. The van der Waals surface area contributed by atoms with Crippen LogP contribution in [-0.2, 0) is 6.42 Å². The minimum absolute atomic E-state index is 0.0626. The maximum absolute atomic E-state index is 12.7. The average molecular weight is 418 g/mol. The van der Waals surface area contributed by atoms with Gasteiger partial charge in [0.15, 0.2) is 0 Å². The van der Waals surface area contributed by atoms with Crippen LogP contribution in [0.3, 0.4) is 0 Å². The highest BCUT2D eigenvalue weighted by Crippen LogP contribution is 2.34. The maximum atomic E-state index is 12.7. The smallest absolute Gasteiger partial charge is 0.254 e. The molecule has 1 atom stereocenters. The van der Waals surface area contributed by atoms with E-state index < -0.39 is 0 Å². The zero-order chi connectivity index (χ0) is 14.3. The van der Waals surface area contributed by atoms with Crippen LogP contribution in [0.25, 0.3) is 0 Å². The molecular weight excluding hydrogens is 405 g/mol. The molecule has 0 N–H and O–H groups in total. The second-order valence-electron chi connectivity index (χ2n) is 4.85. The normalized spacial score (nSPS) is 17.9. The van der Waals surface area contributed by atoms with Gasteiger partial charge in [0.05, 0.1) is 11.1 Å². The van der Waals surface area contributed by atoms with E-state index in [4.69, 9.17) is 11.6 Å². The monoisotopic (exact) mass is 417 g/mol. The summed E-state index contributed by atoms with van der Waals surface area (Å²) in [6.07, 6.45) is 0.946. The van der Waals surface area contributed by atoms with Crippen LogP contribution in [0, 0.1) is 3.57 Å². The molecule has 104 valence electrons. The number of halogens is 2. The van der Waals surface area contributed by atoms with Crippen molar-refractivity contribution in [3.63, 3.8) is 0 Å². The van der Waals surface area contributed by atoms with Crippen LogP contribution < -0.4 is 0 Å². The predicted molar refractivity (Wildman–Crippen MR) is 91.6 cm³/mol. The number of nitrogens with zero attached hydrogens (tertiary/aromatic N) is 1. The summed E-state index contributed by atoms with van der Waals surface area (Å²) in [4.78, 5) is 16.0. The van der Waals surface area contributed by atoms with Crippen molar-refractivity contribution in [3.8, 4) is 0 Å². The molecule has 2 nitrogen and oxygen atoms in total. The van der Waals surface area contributed by atoms with Crippen LogP contribution in [-0.4, -0.2) is 17.4 Å². The molecule has 1 aromatic carbocycles. The Morgan fingerprint density at radius 3 is 3.00 bits per heavy atom. The number of fused-ring (bicyclic) bond motifs is 1. The third kappa shape index (κ3) is 2.49. The molecule has 0 radical (unpaired) electrons. The van der Waals surface area contributed by atoms with Gasteiger partial charge in [-0.1, -0.05) is 11.6 Å². The molecule has 20 heavy (non-hydrogen) atoms. The van der Waals surface area contributed by atoms with E-state index in [2.05, 4.69) is 41.0 Å². The molecule has 0 saturated carbocycles. The van der Waals surface area contributed by atoms with Crippen molar-refractivity contribution in [3.05, 3.63) is 54.2 Å². The fourth-order valence-corrected chi connectivity index (χ4v) is 4.06. The van der Waals surface area contributed by atoms with Crippen LogP contribution in [0.15, 0.2) is 29.6 Å². The summed E-state index contributed by atoms with van der Waals surface area (Å²) in [6.45, 7) is 2.87. The van der Waals surface area contributed by atoms with Crippen molar-refractivity contribution in [2.24, 2.45) is 0 Å². The molecule has 1 aliphatic rings. The quantitative estimate of drug-likeness (QED) is 0.612. The molecule has 5 heteroatoms. The third-order valence-corrected chi connectivity index (χ3v) is 6.27. The van der Waals surface area contributed by atoms with Crippen LogP contribution in [0.4, 0.5) is 0 Å². The summed E-state index contributed by atoms with van der Waals surface area (Å²) >= 11 is 10.1. The minimum Gasteiger partial charge on any atom is -0.331 e. The van der Waals surface area contributed by atoms with Crippen molar-refractivity contribution in [1.82, 2.24) is 4.90 Å². The van der Waals surface area contributed by atoms with Crippen LogP contribution >= 0.6 is 45.5 Å². The van der Waals surface area contributed by atoms with Crippen molar-refractivity contribution < 1.29 is 4.79 Å². The Bertz CT molecular complexity index is 670. The van der Waals surface area contributed by atoms with E-state index in [1.165, 1.54) is 10.4 Å². The van der Waals surface area contributed by atoms with Gasteiger partial charge in [0.2, 0.25) is 0 Å². The SMILES string of the molecule is CC1c2ccsc2CCN1C(=O)c1ccc(I)c(Cl)c1. The molecule has 1 unspecified atom stereocenters. The molecule has 1 aliphatic heterocycles. The van der Waals surface area contributed by atoms with Gasteiger partial charge in [-0.05, 0) is 71.1 Å². The van der Waals surface area contributed by atoms with Crippen LogP contribution in [0.2, 0.25) is 5.02 Å². The zero-order valence-corrected chi connectivity index (χ0v) is 14.6. The fraction of sp³-hybridized carbons (Fsp3) is 0.267. The summed E-state index contributed by atoms with van der Waals surface area (Å²) in [6, 6.07) is 7.77. The lowest BCUT2D eigenvalue weighted by atomic mass is 10.0. The molecule has 0 spiro atoms. The van der Waals surface area contributed by atoms with Crippen molar-refractivity contribution in [2.45, 2.75) is 19.4 Å². The van der Waals surface area contributed by atoms with E-state index >= 15 is 0 Å². The van der Waals surface area contributed by atoms with Gasteiger partial charge in [-0.2, -0.15) is 0 Å². The number of carbonyl (C=O) groups is 1. The predicted octanol–water partition coefficient (Wildman–Crippen LogP) is 4.77. The number of benzene rings is 1. The topological polar surface area (TPSA) is 20.3 Å². The van der Waals surface area contributed by atoms with E-state index in [0.29, 0.717) is 10.6 Å². The Labute approximate surface area is 140 Å². The van der Waals surface area contributed by atoms with Crippen LogP contribution in [0.1, 0.15) is 33.8 Å². The number of hydrogen-bond donors (Lipinski definition) is 0. The molecule has 1 amide bonds. The van der Waals surface area contributed by atoms with Gasteiger partial charge in [-0.15, -0.1) is 11.3 Å². The largest absolute Gasteiger partial charge is 0.331 e. The molecule has 0 fully saturated rings. The highest BCUT2D eigenvalue weighted by Gasteiger charge is 2.29. The number of rotatable bonds is 1. The molecule has 0 aliphatic carbocycles. The van der Waals surface area contributed by atoms with Crippen molar-refractivity contribution in [2.75, 3.05) is 6.54 Å². The fourth-order valence-electron chi connectivity index (χ4n) is 2.58. The Morgan fingerprint density at radius 1 is 1.45 bits per heavy atom. The number of carbonyl (C=O) groups excluding carboxylic acids is 1. The van der Waals surface area contributed by atoms with Gasteiger partial charge in [0.1, 0.15) is 0 Å².